The zero-order valence-electron chi connectivity index (χ0n) is 11.6. The Labute approximate surface area is 122 Å². The van der Waals surface area contributed by atoms with Crippen LogP contribution in [0.15, 0.2) is 36.4 Å². The second-order valence-corrected chi connectivity index (χ2v) is 4.38. The summed E-state index contributed by atoms with van der Waals surface area (Å²) in [6.45, 7) is 0.321. The molecule has 0 aliphatic heterocycles. The Kier molecular flexibility index (Phi) is 4.75. The van der Waals surface area contributed by atoms with Gasteiger partial charge in [0.1, 0.15) is 23.9 Å². The average Bonchev–Trinajstić information content (AvgIpc) is 2.53. The van der Waals surface area contributed by atoms with Crippen LogP contribution < -0.4 is 15.2 Å². The number of hydrogen-bond acceptors (Lipinski definition) is 4. The maximum absolute atomic E-state index is 13.7. The molecule has 0 aliphatic carbocycles. The molecule has 0 fully saturated rings. The largest absolute Gasteiger partial charge is 0.497 e. The highest BCUT2D eigenvalue weighted by atomic mass is 19.1. The Balaban J connectivity index is 2.21. The molecule has 0 spiro atoms. The molecule has 0 unspecified atom stereocenters. The zero-order chi connectivity index (χ0) is 15.2. The van der Waals surface area contributed by atoms with Gasteiger partial charge in [-0.05, 0) is 24.3 Å². The van der Waals surface area contributed by atoms with Crippen molar-refractivity contribution in [2.24, 2.45) is 5.73 Å². The summed E-state index contributed by atoms with van der Waals surface area (Å²) in [4.78, 5) is 0. The van der Waals surface area contributed by atoms with E-state index in [1.54, 1.807) is 25.3 Å². The van der Waals surface area contributed by atoms with Gasteiger partial charge in [-0.25, -0.2) is 4.39 Å². The number of methoxy groups -OCH3 is 1. The van der Waals surface area contributed by atoms with Crippen LogP contribution in [-0.4, -0.2) is 7.11 Å². The number of hydrogen-bond donors (Lipinski definition) is 1. The minimum atomic E-state index is -0.411. The quantitative estimate of drug-likeness (QED) is 0.917. The second-order valence-electron chi connectivity index (χ2n) is 4.38. The summed E-state index contributed by atoms with van der Waals surface area (Å²) in [5, 5.41) is 8.84. The van der Waals surface area contributed by atoms with Gasteiger partial charge in [-0.1, -0.05) is 6.07 Å². The lowest BCUT2D eigenvalue weighted by Crippen LogP contribution is -2.04. The smallest absolute Gasteiger partial charge is 0.129 e. The van der Waals surface area contributed by atoms with E-state index < -0.39 is 5.82 Å². The zero-order valence-corrected chi connectivity index (χ0v) is 11.6. The molecule has 0 heterocycles. The molecular weight excluding hydrogens is 271 g/mol. The van der Waals surface area contributed by atoms with E-state index in [4.69, 9.17) is 20.5 Å². The van der Waals surface area contributed by atoms with Gasteiger partial charge in [-0.2, -0.15) is 5.26 Å². The Bertz CT molecular complexity index is 680. The molecule has 2 rings (SSSR count). The van der Waals surface area contributed by atoms with E-state index in [1.807, 2.05) is 6.07 Å². The van der Waals surface area contributed by atoms with Gasteiger partial charge in [0.2, 0.25) is 0 Å². The molecule has 21 heavy (non-hydrogen) atoms. The van der Waals surface area contributed by atoms with Crippen LogP contribution in [0.1, 0.15) is 16.7 Å². The first-order valence-corrected chi connectivity index (χ1v) is 6.36. The normalized spacial score (nSPS) is 10.0. The number of nitrogens with zero attached hydrogens (tertiary/aromatic N) is 1. The molecule has 0 aliphatic rings. The van der Waals surface area contributed by atoms with E-state index in [1.165, 1.54) is 18.2 Å². The standard InChI is InChI=1S/C16H15FN2O2/c1-20-14-4-3-12(9-19)16(7-14)21-10-13-6-11(8-18)2-5-15(13)17/h2-7H,9-10,19H2,1H3. The van der Waals surface area contributed by atoms with Crippen LogP contribution in [0.25, 0.3) is 0 Å². The summed E-state index contributed by atoms with van der Waals surface area (Å²) in [6.07, 6.45) is 0. The lowest BCUT2D eigenvalue weighted by Gasteiger charge is -2.12. The van der Waals surface area contributed by atoms with Crippen LogP contribution >= 0.6 is 0 Å². The monoisotopic (exact) mass is 286 g/mol. The van der Waals surface area contributed by atoms with Crippen molar-refractivity contribution in [3.8, 4) is 17.6 Å². The fraction of sp³-hybridized carbons (Fsp3) is 0.188. The average molecular weight is 286 g/mol. The predicted molar refractivity (Wildman–Crippen MR) is 76.3 cm³/mol. The highest BCUT2D eigenvalue weighted by Crippen LogP contribution is 2.25. The molecule has 0 bridgehead atoms. The minimum absolute atomic E-state index is 0.0154. The van der Waals surface area contributed by atoms with Crippen molar-refractivity contribution in [1.82, 2.24) is 0 Å². The van der Waals surface area contributed by atoms with Crippen molar-refractivity contribution in [3.63, 3.8) is 0 Å². The molecule has 0 aromatic heterocycles. The van der Waals surface area contributed by atoms with E-state index in [2.05, 4.69) is 0 Å². The first-order valence-electron chi connectivity index (χ1n) is 6.36. The third kappa shape index (κ3) is 3.50. The van der Waals surface area contributed by atoms with E-state index in [-0.39, 0.29) is 6.61 Å². The van der Waals surface area contributed by atoms with Crippen LogP contribution in [0.4, 0.5) is 4.39 Å². The van der Waals surface area contributed by atoms with Crippen LogP contribution in [0.5, 0.6) is 11.5 Å². The fourth-order valence-electron chi connectivity index (χ4n) is 1.88. The Morgan fingerprint density at radius 1 is 1.19 bits per heavy atom. The SMILES string of the molecule is COc1ccc(CN)c(OCc2cc(C#N)ccc2F)c1. The maximum Gasteiger partial charge on any atom is 0.129 e. The molecule has 108 valence electrons. The summed E-state index contributed by atoms with van der Waals surface area (Å²) in [5.41, 5.74) is 7.16. The highest BCUT2D eigenvalue weighted by molar-refractivity contribution is 5.41. The lowest BCUT2D eigenvalue weighted by molar-refractivity contribution is 0.294. The molecular formula is C16H15FN2O2. The molecule has 0 radical (unpaired) electrons. The number of rotatable bonds is 5. The van der Waals surface area contributed by atoms with Crippen LogP contribution in [0.3, 0.4) is 0 Å². The Morgan fingerprint density at radius 3 is 2.67 bits per heavy atom. The van der Waals surface area contributed by atoms with Gasteiger partial charge in [0.15, 0.2) is 0 Å². The van der Waals surface area contributed by atoms with Crippen molar-refractivity contribution < 1.29 is 13.9 Å². The van der Waals surface area contributed by atoms with Gasteiger partial charge in [0.25, 0.3) is 0 Å². The van der Waals surface area contributed by atoms with Crippen molar-refractivity contribution in [2.75, 3.05) is 7.11 Å². The van der Waals surface area contributed by atoms with Gasteiger partial charge in [-0.3, -0.25) is 0 Å². The van der Waals surface area contributed by atoms with Crippen molar-refractivity contribution >= 4 is 0 Å². The van der Waals surface area contributed by atoms with Gasteiger partial charge in [-0.15, -0.1) is 0 Å². The van der Waals surface area contributed by atoms with Crippen molar-refractivity contribution in [2.45, 2.75) is 13.2 Å². The highest BCUT2D eigenvalue weighted by Gasteiger charge is 2.08. The summed E-state index contributed by atoms with van der Waals surface area (Å²) >= 11 is 0. The lowest BCUT2D eigenvalue weighted by atomic mass is 10.1. The first-order chi connectivity index (χ1) is 10.2. The van der Waals surface area contributed by atoms with E-state index in [0.29, 0.717) is 29.2 Å². The number of ether oxygens (including phenoxy) is 2. The predicted octanol–water partition coefficient (Wildman–Crippen LogP) is 2.74. The van der Waals surface area contributed by atoms with Gasteiger partial charge < -0.3 is 15.2 Å². The molecule has 0 amide bonds. The van der Waals surface area contributed by atoms with Gasteiger partial charge in [0.05, 0.1) is 18.7 Å². The molecule has 4 nitrogen and oxygen atoms in total. The third-order valence-corrected chi connectivity index (χ3v) is 3.05. The van der Waals surface area contributed by atoms with Gasteiger partial charge in [0, 0.05) is 23.7 Å². The fourth-order valence-corrected chi connectivity index (χ4v) is 1.88. The number of halogens is 1. The molecule has 0 saturated heterocycles. The summed E-state index contributed by atoms with van der Waals surface area (Å²) in [7, 11) is 1.55. The maximum atomic E-state index is 13.7. The number of nitrogens with two attached hydrogens (primary N) is 1. The minimum Gasteiger partial charge on any atom is -0.497 e. The molecule has 2 aromatic rings. The Hall–Kier alpha value is -2.58. The first kappa shape index (κ1) is 14.8. The number of benzene rings is 2. The van der Waals surface area contributed by atoms with E-state index in [9.17, 15) is 4.39 Å². The molecule has 0 saturated carbocycles. The van der Waals surface area contributed by atoms with Crippen molar-refractivity contribution in [3.05, 3.63) is 58.9 Å². The summed E-state index contributed by atoms with van der Waals surface area (Å²) < 4.78 is 24.5. The third-order valence-electron chi connectivity index (χ3n) is 3.05. The molecule has 2 aromatic carbocycles. The number of nitriles is 1. The second kappa shape index (κ2) is 6.73. The van der Waals surface area contributed by atoms with E-state index >= 15 is 0 Å². The van der Waals surface area contributed by atoms with Crippen LogP contribution in [0.2, 0.25) is 0 Å². The summed E-state index contributed by atoms with van der Waals surface area (Å²) in [6, 6.07) is 11.4. The van der Waals surface area contributed by atoms with Crippen LogP contribution in [-0.2, 0) is 13.2 Å². The van der Waals surface area contributed by atoms with E-state index in [0.717, 1.165) is 5.56 Å². The summed E-state index contributed by atoms with van der Waals surface area (Å²) in [5.74, 6) is 0.762. The Morgan fingerprint density at radius 2 is 2.00 bits per heavy atom. The molecule has 2 N–H and O–H groups in total. The molecule has 0 atom stereocenters. The molecule has 5 heteroatoms. The van der Waals surface area contributed by atoms with Crippen molar-refractivity contribution in [1.29, 1.82) is 5.26 Å². The van der Waals surface area contributed by atoms with Crippen LogP contribution in [0, 0.1) is 17.1 Å². The topological polar surface area (TPSA) is 68.3 Å². The van der Waals surface area contributed by atoms with Gasteiger partial charge >= 0.3 is 0 Å².